The number of nitrogens with one attached hydrogen (secondary N) is 2. The Bertz CT molecular complexity index is 1460. The number of sulfone groups is 1. The van der Waals surface area contributed by atoms with Gasteiger partial charge in [-0.2, -0.15) is 0 Å². The quantitative estimate of drug-likeness (QED) is 0.379. The zero-order valence-corrected chi connectivity index (χ0v) is 18.5. The number of rotatable bonds is 7. The summed E-state index contributed by atoms with van der Waals surface area (Å²) in [6.07, 6.45) is 0.852. The first-order valence-electron chi connectivity index (χ1n) is 9.04. The van der Waals surface area contributed by atoms with Crippen LogP contribution in [-0.4, -0.2) is 33.9 Å². The van der Waals surface area contributed by atoms with E-state index in [-0.39, 0.29) is 21.8 Å². The second-order valence-corrected chi connectivity index (χ2v) is 10.5. The lowest BCUT2D eigenvalue weighted by molar-refractivity contribution is -0.385. The van der Waals surface area contributed by atoms with E-state index in [0.717, 1.165) is 36.6 Å². The Morgan fingerprint density at radius 2 is 1.58 bits per heavy atom. The lowest BCUT2D eigenvalue weighted by Gasteiger charge is -2.10. The lowest BCUT2D eigenvalue weighted by atomic mass is 10.2. The van der Waals surface area contributed by atoms with Crippen molar-refractivity contribution < 1.29 is 30.9 Å². The number of nitro groups is 1. The molecule has 13 heteroatoms. The molecule has 0 saturated heterocycles. The average molecular weight is 493 g/mol. The molecule has 0 bridgehead atoms. The van der Waals surface area contributed by atoms with Crippen molar-refractivity contribution in [1.29, 1.82) is 0 Å². The van der Waals surface area contributed by atoms with Crippen LogP contribution in [-0.2, 0) is 19.9 Å². The molecule has 3 rings (SSSR count). The maximum Gasteiger partial charge on any atom is 0.271 e. The molecule has 172 valence electrons. The van der Waals surface area contributed by atoms with Gasteiger partial charge < -0.3 is 5.32 Å². The Balaban J connectivity index is 1.82. The highest BCUT2D eigenvalue weighted by Gasteiger charge is 2.20. The summed E-state index contributed by atoms with van der Waals surface area (Å²) in [5, 5.41) is 13.5. The minimum absolute atomic E-state index is 0.0275. The number of non-ortho nitro benzene ring substituents is 1. The van der Waals surface area contributed by atoms with Crippen LogP contribution in [0.25, 0.3) is 0 Å². The number of carbonyl (C=O) groups is 1. The van der Waals surface area contributed by atoms with Gasteiger partial charge in [-0.3, -0.25) is 19.6 Å². The first-order valence-corrected chi connectivity index (χ1v) is 12.4. The second kappa shape index (κ2) is 8.96. The van der Waals surface area contributed by atoms with Crippen LogP contribution in [0.2, 0.25) is 0 Å². The monoisotopic (exact) mass is 493 g/mol. The third-order valence-electron chi connectivity index (χ3n) is 4.29. The van der Waals surface area contributed by atoms with Gasteiger partial charge in [0.1, 0.15) is 5.82 Å². The van der Waals surface area contributed by atoms with Gasteiger partial charge in [-0.1, -0.05) is 6.07 Å². The lowest BCUT2D eigenvalue weighted by Crippen LogP contribution is -2.15. The summed E-state index contributed by atoms with van der Waals surface area (Å²) in [6.45, 7) is 0. The molecule has 3 aromatic carbocycles. The van der Waals surface area contributed by atoms with Gasteiger partial charge in [0, 0.05) is 29.6 Å². The number of hydrogen-bond acceptors (Lipinski definition) is 7. The molecule has 0 radical (unpaired) electrons. The van der Waals surface area contributed by atoms with Crippen molar-refractivity contribution in [2.45, 2.75) is 9.79 Å². The summed E-state index contributed by atoms with van der Waals surface area (Å²) in [5.74, 6) is -1.45. The fourth-order valence-electron chi connectivity index (χ4n) is 2.72. The maximum atomic E-state index is 13.3. The van der Waals surface area contributed by atoms with Gasteiger partial charge in [-0.15, -0.1) is 0 Å². The molecule has 33 heavy (non-hydrogen) atoms. The summed E-state index contributed by atoms with van der Waals surface area (Å²) in [5.41, 5.74) is -0.668. The molecule has 2 N–H and O–H groups in total. The Morgan fingerprint density at radius 3 is 2.15 bits per heavy atom. The van der Waals surface area contributed by atoms with Gasteiger partial charge in [-0.05, 0) is 48.5 Å². The zero-order chi connectivity index (χ0) is 24.4. The highest BCUT2D eigenvalue weighted by Crippen LogP contribution is 2.23. The zero-order valence-electron chi connectivity index (χ0n) is 16.9. The normalized spacial score (nSPS) is 11.6. The molecule has 0 aliphatic carbocycles. The first-order chi connectivity index (χ1) is 15.3. The van der Waals surface area contributed by atoms with Gasteiger partial charge >= 0.3 is 0 Å². The molecule has 0 spiro atoms. The highest BCUT2D eigenvalue weighted by atomic mass is 32.2. The molecular formula is C20H16FN3O7S2. The first kappa shape index (κ1) is 23.8. The Hall–Kier alpha value is -3.84. The molecule has 10 nitrogen and oxygen atoms in total. The summed E-state index contributed by atoms with van der Waals surface area (Å²) in [4.78, 5) is 22.2. The minimum Gasteiger partial charge on any atom is -0.322 e. The molecule has 0 fully saturated rings. The SMILES string of the molecule is CS(=O)(=O)c1cc(C(=O)Nc2ccc(S(=O)(=O)Nc3cccc(F)c3)cc2)cc([N+](=O)[O-])c1. The summed E-state index contributed by atoms with van der Waals surface area (Å²) < 4.78 is 64.0. The van der Waals surface area contributed by atoms with E-state index in [1.165, 1.54) is 36.4 Å². The fourth-order valence-corrected chi connectivity index (χ4v) is 4.45. The average Bonchev–Trinajstić information content (AvgIpc) is 2.73. The number of benzene rings is 3. The molecule has 1 amide bonds. The van der Waals surface area contributed by atoms with Gasteiger partial charge in [0.25, 0.3) is 21.6 Å². The van der Waals surface area contributed by atoms with Crippen molar-refractivity contribution in [3.8, 4) is 0 Å². The Morgan fingerprint density at radius 1 is 0.909 bits per heavy atom. The third-order valence-corrected chi connectivity index (χ3v) is 6.78. The Kier molecular flexibility index (Phi) is 6.46. The van der Waals surface area contributed by atoms with Crippen LogP contribution in [0.4, 0.5) is 21.5 Å². The van der Waals surface area contributed by atoms with Crippen LogP contribution in [0.5, 0.6) is 0 Å². The Labute approximate surface area is 188 Å². The van der Waals surface area contributed by atoms with E-state index in [1.54, 1.807) is 0 Å². The van der Waals surface area contributed by atoms with E-state index in [0.29, 0.717) is 0 Å². The number of sulfonamides is 1. The standard InChI is InChI=1S/C20H16FN3O7S2/c1-32(28,29)19-10-13(9-17(12-19)24(26)27)20(25)22-15-5-7-18(8-6-15)33(30,31)23-16-4-2-3-14(21)11-16/h2-12,23H,1H3,(H,22,25). The number of hydrogen-bond donors (Lipinski definition) is 2. The molecule has 0 atom stereocenters. The topological polar surface area (TPSA) is 153 Å². The summed E-state index contributed by atoms with van der Waals surface area (Å²) in [7, 11) is -7.86. The van der Waals surface area contributed by atoms with Crippen molar-refractivity contribution in [3.63, 3.8) is 0 Å². The van der Waals surface area contributed by atoms with Crippen LogP contribution in [0, 0.1) is 15.9 Å². The van der Waals surface area contributed by atoms with Crippen molar-refractivity contribution >= 4 is 42.8 Å². The van der Waals surface area contributed by atoms with Crippen molar-refractivity contribution in [2.75, 3.05) is 16.3 Å². The molecule has 0 saturated carbocycles. The van der Waals surface area contributed by atoms with Crippen LogP contribution in [0.1, 0.15) is 10.4 Å². The van der Waals surface area contributed by atoms with E-state index < -0.39 is 47.1 Å². The molecule has 0 aromatic heterocycles. The van der Waals surface area contributed by atoms with Gasteiger partial charge in [0.2, 0.25) is 0 Å². The van der Waals surface area contributed by atoms with E-state index >= 15 is 0 Å². The highest BCUT2D eigenvalue weighted by molar-refractivity contribution is 7.92. The van der Waals surface area contributed by atoms with E-state index in [2.05, 4.69) is 10.0 Å². The molecule has 0 unspecified atom stereocenters. The fraction of sp³-hybridized carbons (Fsp3) is 0.0500. The van der Waals surface area contributed by atoms with Crippen LogP contribution < -0.4 is 10.0 Å². The van der Waals surface area contributed by atoms with Gasteiger partial charge in [-0.25, -0.2) is 21.2 Å². The predicted molar refractivity (Wildman–Crippen MR) is 118 cm³/mol. The van der Waals surface area contributed by atoms with Crippen LogP contribution in [0.15, 0.2) is 76.5 Å². The second-order valence-electron chi connectivity index (χ2n) is 6.84. The summed E-state index contributed by atoms with van der Waals surface area (Å²) >= 11 is 0. The minimum atomic E-state index is -4.04. The third kappa shape index (κ3) is 5.90. The number of carbonyl (C=O) groups excluding carboxylic acids is 1. The van der Waals surface area contributed by atoms with Crippen molar-refractivity contribution in [2.24, 2.45) is 0 Å². The molecule has 0 heterocycles. The number of amides is 1. The number of halogens is 1. The number of nitro benzene ring substituents is 1. The molecule has 0 aliphatic heterocycles. The molecular weight excluding hydrogens is 477 g/mol. The van der Waals surface area contributed by atoms with E-state index in [9.17, 15) is 36.1 Å². The van der Waals surface area contributed by atoms with E-state index in [4.69, 9.17) is 0 Å². The molecule has 3 aromatic rings. The van der Waals surface area contributed by atoms with Crippen molar-refractivity contribution in [1.82, 2.24) is 0 Å². The van der Waals surface area contributed by atoms with Crippen LogP contribution >= 0.6 is 0 Å². The maximum absolute atomic E-state index is 13.3. The van der Waals surface area contributed by atoms with Crippen molar-refractivity contribution in [3.05, 3.63) is 88.2 Å². The van der Waals surface area contributed by atoms with Gasteiger partial charge in [0.05, 0.1) is 20.4 Å². The number of nitrogens with zero attached hydrogens (tertiary/aromatic N) is 1. The largest absolute Gasteiger partial charge is 0.322 e. The summed E-state index contributed by atoms with van der Waals surface area (Å²) in [6, 6.07) is 12.6. The van der Waals surface area contributed by atoms with E-state index in [1.807, 2.05) is 0 Å². The number of anilines is 2. The van der Waals surface area contributed by atoms with Crippen LogP contribution in [0.3, 0.4) is 0 Å². The predicted octanol–water partition coefficient (Wildman–Crippen LogP) is 3.19. The molecule has 0 aliphatic rings. The van der Waals surface area contributed by atoms with Gasteiger partial charge in [0.15, 0.2) is 9.84 Å². The smallest absolute Gasteiger partial charge is 0.271 e.